The van der Waals surface area contributed by atoms with E-state index in [4.69, 9.17) is 5.11 Å². The van der Waals surface area contributed by atoms with E-state index in [2.05, 4.69) is 15.8 Å². The number of halogens is 1. The summed E-state index contributed by atoms with van der Waals surface area (Å²) in [5.74, 6) is -0.879. The molecule has 5 nitrogen and oxygen atoms in total. The first-order valence-electron chi connectivity index (χ1n) is 3.31. The Kier molecular flexibility index (Phi) is 5.14. The minimum Gasteiger partial charge on any atom is -0.478 e. The second kappa shape index (κ2) is 5.58. The average molecular weight is 238 g/mol. The van der Waals surface area contributed by atoms with E-state index in [1.54, 1.807) is 30.3 Å². The first-order chi connectivity index (χ1) is 6.30. The molecule has 1 aromatic carbocycles. The van der Waals surface area contributed by atoms with Gasteiger partial charge in [-0.25, -0.2) is 9.93 Å². The van der Waals surface area contributed by atoms with Crippen molar-refractivity contribution in [2.45, 2.75) is 0 Å². The second-order valence-electron chi connectivity index (χ2n) is 2.15. The standard InChI is InChI=1S/C7H6O2.ClH2NO2S/c8-7(9)6-4-2-1-3-5-6;1-5(2,3)4/h1-5H,(H,8,9);(H2,2,3,4). The molecule has 0 fully saturated rings. The third-order valence-electron chi connectivity index (χ3n) is 1.02. The summed E-state index contributed by atoms with van der Waals surface area (Å²) in [4.78, 5) is 10.2. The molecule has 0 aliphatic rings. The number of hydrogen-bond acceptors (Lipinski definition) is 3. The molecule has 0 bridgehead atoms. The Balaban J connectivity index is 0.000000292. The molecule has 0 saturated carbocycles. The average Bonchev–Trinajstić information content (AvgIpc) is 2.03. The van der Waals surface area contributed by atoms with Gasteiger partial charge in [-0.1, -0.05) is 18.2 Å². The summed E-state index contributed by atoms with van der Waals surface area (Å²) < 4.78 is 18.4. The van der Waals surface area contributed by atoms with E-state index in [-0.39, 0.29) is 0 Å². The molecule has 0 aromatic heterocycles. The lowest BCUT2D eigenvalue weighted by Crippen LogP contribution is -2.00. The summed E-state index contributed by atoms with van der Waals surface area (Å²) in [6, 6.07) is 8.30. The highest BCUT2D eigenvalue weighted by Gasteiger charge is 1.96. The van der Waals surface area contributed by atoms with E-state index in [9.17, 15) is 13.2 Å². The molecule has 0 spiro atoms. The van der Waals surface area contributed by atoms with Crippen LogP contribution in [0.4, 0.5) is 0 Å². The zero-order valence-electron chi connectivity index (χ0n) is 6.92. The van der Waals surface area contributed by atoms with Gasteiger partial charge in [-0.15, -0.1) is 0 Å². The van der Waals surface area contributed by atoms with Crippen LogP contribution < -0.4 is 5.14 Å². The van der Waals surface area contributed by atoms with Crippen molar-refractivity contribution < 1.29 is 18.3 Å². The molecule has 0 aliphatic heterocycles. The Bertz CT molecular complexity index is 381. The van der Waals surface area contributed by atoms with Crippen LogP contribution in [-0.4, -0.2) is 19.5 Å². The number of nitrogens with two attached hydrogens (primary N) is 1. The van der Waals surface area contributed by atoms with E-state index in [0.717, 1.165) is 0 Å². The summed E-state index contributed by atoms with van der Waals surface area (Å²) in [5.41, 5.74) is 0.331. The third-order valence-corrected chi connectivity index (χ3v) is 1.02. The van der Waals surface area contributed by atoms with Crippen molar-refractivity contribution in [3.05, 3.63) is 35.9 Å². The minimum absolute atomic E-state index is 0.331. The number of aromatic carboxylic acids is 1. The number of rotatable bonds is 1. The summed E-state index contributed by atoms with van der Waals surface area (Å²) in [6.45, 7) is 0. The van der Waals surface area contributed by atoms with Crippen LogP contribution in [-0.2, 0) is 9.24 Å². The normalized spacial score (nSPS) is 9.86. The molecular weight excluding hydrogens is 230 g/mol. The van der Waals surface area contributed by atoms with Gasteiger partial charge < -0.3 is 5.11 Å². The smallest absolute Gasteiger partial charge is 0.335 e. The molecular formula is C7H8ClNO4S. The Morgan fingerprint density at radius 1 is 1.29 bits per heavy atom. The van der Waals surface area contributed by atoms with Crippen molar-refractivity contribution in [1.29, 1.82) is 0 Å². The number of carboxylic acid groups (broad SMARTS) is 1. The van der Waals surface area contributed by atoms with E-state index < -0.39 is 15.2 Å². The topological polar surface area (TPSA) is 97.5 Å². The maximum absolute atomic E-state index is 10.2. The monoisotopic (exact) mass is 237 g/mol. The third kappa shape index (κ3) is 8.98. The minimum atomic E-state index is -3.69. The predicted octanol–water partition coefficient (Wildman–Crippen LogP) is 0.814. The fourth-order valence-corrected chi connectivity index (χ4v) is 0.581. The second-order valence-corrected chi connectivity index (χ2v) is 4.39. The van der Waals surface area contributed by atoms with E-state index in [1.165, 1.54) is 0 Å². The lowest BCUT2D eigenvalue weighted by Gasteiger charge is -1.88. The summed E-state index contributed by atoms with van der Waals surface area (Å²) in [7, 11) is 0.586. The quantitative estimate of drug-likeness (QED) is 0.707. The van der Waals surface area contributed by atoms with Crippen LogP contribution in [0.3, 0.4) is 0 Å². The van der Waals surface area contributed by atoms with Gasteiger partial charge in [0.1, 0.15) is 0 Å². The van der Waals surface area contributed by atoms with E-state index in [0.29, 0.717) is 5.56 Å². The number of carbonyl (C=O) groups is 1. The first-order valence-corrected chi connectivity index (χ1v) is 5.68. The van der Waals surface area contributed by atoms with Crippen LogP contribution in [0.5, 0.6) is 0 Å². The van der Waals surface area contributed by atoms with Gasteiger partial charge in [-0.3, -0.25) is 0 Å². The fraction of sp³-hybridized carbons (Fsp3) is 0. The van der Waals surface area contributed by atoms with Gasteiger partial charge >= 0.3 is 5.97 Å². The molecule has 0 saturated heterocycles. The molecule has 0 amide bonds. The summed E-state index contributed by atoms with van der Waals surface area (Å²) in [5, 5.41) is 12.5. The Morgan fingerprint density at radius 2 is 1.64 bits per heavy atom. The van der Waals surface area contributed by atoms with Crippen molar-refractivity contribution in [3.63, 3.8) is 0 Å². The molecule has 3 N–H and O–H groups in total. The Morgan fingerprint density at radius 3 is 1.86 bits per heavy atom. The maximum atomic E-state index is 10.2. The van der Waals surface area contributed by atoms with Crippen LogP contribution in [0.25, 0.3) is 0 Å². The molecule has 78 valence electrons. The van der Waals surface area contributed by atoms with Gasteiger partial charge in [0, 0.05) is 10.7 Å². The number of benzene rings is 1. The van der Waals surface area contributed by atoms with Gasteiger partial charge in [0.15, 0.2) is 0 Å². The van der Waals surface area contributed by atoms with E-state index >= 15 is 0 Å². The van der Waals surface area contributed by atoms with Crippen molar-refractivity contribution in [2.75, 3.05) is 0 Å². The Hall–Kier alpha value is -1.11. The maximum Gasteiger partial charge on any atom is 0.335 e. The lowest BCUT2D eigenvalue weighted by molar-refractivity contribution is 0.0697. The lowest BCUT2D eigenvalue weighted by atomic mass is 10.2. The van der Waals surface area contributed by atoms with Crippen LogP contribution in [0.2, 0.25) is 0 Å². The molecule has 14 heavy (non-hydrogen) atoms. The highest BCUT2D eigenvalue weighted by Crippen LogP contribution is 1.96. The highest BCUT2D eigenvalue weighted by atomic mass is 35.7. The van der Waals surface area contributed by atoms with Gasteiger partial charge in [0.05, 0.1) is 5.56 Å². The van der Waals surface area contributed by atoms with Gasteiger partial charge in [0.25, 0.3) is 9.24 Å². The number of carboxylic acids is 1. The summed E-state index contributed by atoms with van der Waals surface area (Å²) >= 11 is 0. The molecule has 0 atom stereocenters. The van der Waals surface area contributed by atoms with Crippen molar-refractivity contribution in [1.82, 2.24) is 0 Å². The highest BCUT2D eigenvalue weighted by molar-refractivity contribution is 8.11. The summed E-state index contributed by atoms with van der Waals surface area (Å²) in [6.07, 6.45) is 0. The molecule has 1 rings (SSSR count). The zero-order chi connectivity index (χ0) is 11.2. The van der Waals surface area contributed by atoms with Gasteiger partial charge in [-0.05, 0) is 12.1 Å². The van der Waals surface area contributed by atoms with Crippen LogP contribution in [0.1, 0.15) is 10.4 Å². The van der Waals surface area contributed by atoms with Crippen LogP contribution in [0.15, 0.2) is 30.3 Å². The van der Waals surface area contributed by atoms with Crippen molar-refractivity contribution >= 4 is 25.9 Å². The van der Waals surface area contributed by atoms with E-state index in [1.807, 2.05) is 0 Å². The fourth-order valence-electron chi connectivity index (χ4n) is 0.581. The number of hydrogen-bond donors (Lipinski definition) is 2. The molecule has 1 aromatic rings. The van der Waals surface area contributed by atoms with Crippen molar-refractivity contribution in [2.24, 2.45) is 5.14 Å². The molecule has 7 heteroatoms. The molecule has 0 unspecified atom stereocenters. The molecule has 0 aliphatic carbocycles. The molecule has 0 radical (unpaired) electrons. The van der Waals surface area contributed by atoms with Crippen LogP contribution >= 0.6 is 10.7 Å². The molecule has 0 heterocycles. The predicted molar refractivity (Wildman–Crippen MR) is 52.4 cm³/mol. The van der Waals surface area contributed by atoms with Crippen LogP contribution in [0, 0.1) is 0 Å². The largest absolute Gasteiger partial charge is 0.478 e. The Labute approximate surface area is 85.7 Å². The van der Waals surface area contributed by atoms with Crippen molar-refractivity contribution in [3.8, 4) is 0 Å². The van der Waals surface area contributed by atoms with Gasteiger partial charge in [0.2, 0.25) is 0 Å². The first kappa shape index (κ1) is 12.9. The zero-order valence-corrected chi connectivity index (χ0v) is 8.49. The SMILES string of the molecule is NS(=O)(=O)Cl.O=C(O)c1ccccc1. The van der Waals surface area contributed by atoms with Gasteiger partial charge in [-0.2, -0.15) is 8.42 Å².